The van der Waals surface area contributed by atoms with Gasteiger partial charge in [-0.3, -0.25) is 0 Å². The molecule has 1 fully saturated rings. The fourth-order valence-electron chi connectivity index (χ4n) is 1.55. The zero-order valence-corrected chi connectivity index (χ0v) is 8.47. The van der Waals surface area contributed by atoms with Crippen molar-refractivity contribution in [3.8, 4) is 0 Å². The number of hydrogen-bond donors (Lipinski definition) is 1. The molecule has 1 aromatic heterocycles. The van der Waals surface area contributed by atoms with Gasteiger partial charge in [-0.25, -0.2) is 8.78 Å². The van der Waals surface area contributed by atoms with Crippen molar-refractivity contribution in [2.24, 2.45) is 5.92 Å². The van der Waals surface area contributed by atoms with Crippen LogP contribution in [0.15, 0.2) is 6.07 Å². The zero-order chi connectivity index (χ0) is 11.5. The topological polar surface area (TPSA) is 34.1 Å². The number of aromatic nitrogens is 1. The average Bonchev–Trinajstić information content (AvgIpc) is 2.74. The molecular weight excluding hydrogens is 221 g/mol. The second-order valence-electron chi connectivity index (χ2n) is 3.70. The number of nitrogens with zero attached hydrogens (tertiary/aromatic N) is 1. The van der Waals surface area contributed by atoms with Gasteiger partial charge in [0.05, 0.1) is 6.61 Å². The Kier molecular flexibility index (Phi) is 3.28. The van der Waals surface area contributed by atoms with E-state index in [9.17, 15) is 13.2 Å². The molecule has 88 valence electrons. The molecule has 2 rings (SSSR count). The summed E-state index contributed by atoms with van der Waals surface area (Å²) >= 11 is 0. The van der Waals surface area contributed by atoms with Crippen LogP contribution in [0.25, 0.3) is 0 Å². The molecule has 6 heteroatoms. The molecule has 1 aromatic rings. The van der Waals surface area contributed by atoms with Crippen LogP contribution in [0.3, 0.4) is 0 Å². The van der Waals surface area contributed by atoms with Gasteiger partial charge in [-0.15, -0.1) is 0 Å². The van der Waals surface area contributed by atoms with E-state index in [1.54, 1.807) is 0 Å². The maximum Gasteiger partial charge on any atom is 0.251 e. The lowest BCUT2D eigenvalue weighted by molar-refractivity contribution is 0.187. The summed E-state index contributed by atoms with van der Waals surface area (Å²) in [6.07, 6.45) is 0.873. The van der Waals surface area contributed by atoms with Crippen molar-refractivity contribution in [2.75, 3.05) is 25.1 Å². The van der Waals surface area contributed by atoms with Crippen LogP contribution in [0.5, 0.6) is 0 Å². The Bertz CT molecular complexity index is 381. The first-order valence-electron chi connectivity index (χ1n) is 5.00. The van der Waals surface area contributed by atoms with Gasteiger partial charge in [0, 0.05) is 25.1 Å². The number of hydrogen-bond acceptors (Lipinski definition) is 3. The molecule has 1 aliphatic rings. The zero-order valence-electron chi connectivity index (χ0n) is 8.47. The van der Waals surface area contributed by atoms with E-state index in [0.29, 0.717) is 25.8 Å². The van der Waals surface area contributed by atoms with E-state index in [0.717, 1.165) is 6.42 Å². The summed E-state index contributed by atoms with van der Waals surface area (Å²) in [5.41, 5.74) is 0. The Hall–Kier alpha value is -1.30. The second-order valence-corrected chi connectivity index (χ2v) is 3.70. The van der Waals surface area contributed by atoms with E-state index in [2.05, 4.69) is 10.3 Å². The van der Waals surface area contributed by atoms with Crippen LogP contribution in [-0.2, 0) is 4.74 Å². The summed E-state index contributed by atoms with van der Waals surface area (Å²) in [6.45, 7) is 1.72. The van der Waals surface area contributed by atoms with Crippen molar-refractivity contribution in [3.05, 3.63) is 23.6 Å². The Morgan fingerprint density at radius 2 is 2.19 bits per heavy atom. The standard InChI is InChI=1S/C10H11F3N2O/c11-7-3-8(12)10(15-9(7)13)14-4-6-1-2-16-5-6/h3,6H,1-2,4-5H2,(H,14,15). The van der Waals surface area contributed by atoms with Crippen molar-refractivity contribution in [3.63, 3.8) is 0 Å². The Morgan fingerprint density at radius 1 is 1.38 bits per heavy atom. The highest BCUT2D eigenvalue weighted by Gasteiger charge is 2.17. The molecule has 0 saturated carbocycles. The fraction of sp³-hybridized carbons (Fsp3) is 0.500. The predicted octanol–water partition coefficient (Wildman–Crippen LogP) is 1.95. The van der Waals surface area contributed by atoms with Crippen LogP contribution in [0, 0.1) is 23.5 Å². The maximum absolute atomic E-state index is 13.1. The molecule has 0 aromatic carbocycles. The van der Waals surface area contributed by atoms with E-state index in [1.807, 2.05) is 0 Å². The van der Waals surface area contributed by atoms with Crippen LogP contribution in [-0.4, -0.2) is 24.7 Å². The minimum absolute atomic E-state index is 0.259. The first-order valence-corrected chi connectivity index (χ1v) is 5.00. The highest BCUT2D eigenvalue weighted by Crippen LogP contribution is 2.17. The molecule has 0 aliphatic carbocycles. The molecule has 1 saturated heterocycles. The molecule has 0 spiro atoms. The minimum atomic E-state index is -1.30. The third-order valence-electron chi connectivity index (χ3n) is 2.47. The van der Waals surface area contributed by atoms with E-state index in [1.165, 1.54) is 0 Å². The van der Waals surface area contributed by atoms with Gasteiger partial charge in [-0.05, 0) is 6.42 Å². The van der Waals surface area contributed by atoms with Gasteiger partial charge >= 0.3 is 0 Å². The molecule has 16 heavy (non-hydrogen) atoms. The summed E-state index contributed by atoms with van der Waals surface area (Å²) in [6, 6.07) is 0.482. The van der Waals surface area contributed by atoms with Crippen molar-refractivity contribution in [2.45, 2.75) is 6.42 Å². The van der Waals surface area contributed by atoms with E-state index in [4.69, 9.17) is 4.74 Å². The molecule has 1 aliphatic heterocycles. The van der Waals surface area contributed by atoms with Crippen LogP contribution in [0.4, 0.5) is 19.0 Å². The lowest BCUT2D eigenvalue weighted by atomic mass is 10.1. The Balaban J connectivity index is 2.00. The first-order chi connectivity index (χ1) is 7.66. The highest BCUT2D eigenvalue weighted by atomic mass is 19.2. The molecule has 0 bridgehead atoms. The van der Waals surface area contributed by atoms with Crippen molar-refractivity contribution < 1.29 is 17.9 Å². The number of rotatable bonds is 3. The van der Waals surface area contributed by atoms with Crippen LogP contribution in [0.2, 0.25) is 0 Å². The maximum atomic E-state index is 13.1. The molecule has 1 atom stereocenters. The largest absolute Gasteiger partial charge is 0.381 e. The molecule has 3 nitrogen and oxygen atoms in total. The second kappa shape index (κ2) is 4.69. The van der Waals surface area contributed by atoms with Gasteiger partial charge in [-0.1, -0.05) is 0 Å². The lowest BCUT2D eigenvalue weighted by Gasteiger charge is -2.10. The van der Waals surface area contributed by atoms with E-state index >= 15 is 0 Å². The van der Waals surface area contributed by atoms with Gasteiger partial charge in [0.2, 0.25) is 0 Å². The summed E-state index contributed by atoms with van der Waals surface area (Å²) in [4.78, 5) is 3.16. The Labute approximate surface area is 90.6 Å². The highest BCUT2D eigenvalue weighted by molar-refractivity contribution is 5.36. The Morgan fingerprint density at radius 3 is 2.88 bits per heavy atom. The molecule has 0 radical (unpaired) electrons. The molecule has 1 N–H and O–H groups in total. The summed E-state index contributed by atoms with van der Waals surface area (Å²) < 4.78 is 43.6. The van der Waals surface area contributed by atoms with Gasteiger partial charge < -0.3 is 10.1 Å². The molecule has 1 unspecified atom stereocenters. The van der Waals surface area contributed by atoms with E-state index in [-0.39, 0.29) is 11.7 Å². The van der Waals surface area contributed by atoms with Crippen LogP contribution in [0.1, 0.15) is 6.42 Å². The quantitative estimate of drug-likeness (QED) is 0.809. The van der Waals surface area contributed by atoms with Crippen LogP contribution >= 0.6 is 0 Å². The SMILES string of the molecule is Fc1cc(F)c(NCC2CCOC2)nc1F. The number of anilines is 1. The monoisotopic (exact) mass is 232 g/mol. The molecule has 0 amide bonds. The number of nitrogens with one attached hydrogen (secondary N) is 1. The fourth-order valence-corrected chi connectivity index (χ4v) is 1.55. The summed E-state index contributed by atoms with van der Waals surface area (Å²) in [5, 5.41) is 2.65. The number of pyridine rings is 1. The third kappa shape index (κ3) is 2.44. The van der Waals surface area contributed by atoms with Gasteiger partial charge in [0.25, 0.3) is 5.95 Å². The van der Waals surface area contributed by atoms with Crippen molar-refractivity contribution >= 4 is 5.82 Å². The van der Waals surface area contributed by atoms with Crippen molar-refractivity contribution in [1.82, 2.24) is 4.98 Å². The predicted molar refractivity (Wildman–Crippen MR) is 51.5 cm³/mol. The van der Waals surface area contributed by atoms with Gasteiger partial charge in [0.15, 0.2) is 17.5 Å². The minimum Gasteiger partial charge on any atom is -0.381 e. The smallest absolute Gasteiger partial charge is 0.251 e. The molecular formula is C10H11F3N2O. The van der Waals surface area contributed by atoms with Gasteiger partial charge in [-0.2, -0.15) is 9.37 Å². The third-order valence-corrected chi connectivity index (χ3v) is 2.47. The van der Waals surface area contributed by atoms with E-state index < -0.39 is 17.6 Å². The van der Waals surface area contributed by atoms with Crippen molar-refractivity contribution in [1.29, 1.82) is 0 Å². The lowest BCUT2D eigenvalue weighted by Crippen LogP contribution is -2.16. The first kappa shape index (κ1) is 11.2. The van der Waals surface area contributed by atoms with Gasteiger partial charge in [0.1, 0.15) is 0 Å². The average molecular weight is 232 g/mol. The number of halogens is 3. The summed E-state index contributed by atoms with van der Waals surface area (Å²) in [7, 11) is 0. The van der Waals surface area contributed by atoms with Crippen LogP contribution < -0.4 is 5.32 Å². The summed E-state index contributed by atoms with van der Waals surface area (Å²) in [5.74, 6) is -3.48. The molecule has 2 heterocycles. The number of ether oxygens (including phenoxy) is 1. The normalized spacial score (nSPS) is 20.1.